The summed E-state index contributed by atoms with van der Waals surface area (Å²) in [5, 5.41) is 3.96. The molecule has 0 spiro atoms. The predicted octanol–water partition coefficient (Wildman–Crippen LogP) is 3.82. The normalized spacial score (nSPS) is 16.1. The van der Waals surface area contributed by atoms with Gasteiger partial charge < -0.3 is 0 Å². The summed E-state index contributed by atoms with van der Waals surface area (Å²) in [7, 11) is -3.42. The van der Waals surface area contributed by atoms with Crippen molar-refractivity contribution in [2.24, 2.45) is 0 Å². The van der Waals surface area contributed by atoms with Gasteiger partial charge in [-0.25, -0.2) is 8.42 Å². The fourth-order valence-corrected chi connectivity index (χ4v) is 5.83. The van der Waals surface area contributed by atoms with E-state index in [2.05, 4.69) is 0 Å². The van der Waals surface area contributed by atoms with Gasteiger partial charge in [-0.3, -0.25) is 0 Å². The molecule has 2 heterocycles. The first kappa shape index (κ1) is 13.6. The molecule has 0 bridgehead atoms. The molecule has 19 heavy (non-hydrogen) atoms. The van der Waals surface area contributed by atoms with Gasteiger partial charge in [-0.1, -0.05) is 11.6 Å². The highest BCUT2D eigenvalue weighted by Gasteiger charge is 2.38. The molecule has 0 N–H and O–H groups in total. The molecule has 1 fully saturated rings. The number of nitrogens with zero attached hydrogens (tertiary/aromatic N) is 1. The monoisotopic (exact) mass is 333 g/mol. The summed E-state index contributed by atoms with van der Waals surface area (Å²) >= 11 is 8.55. The van der Waals surface area contributed by atoms with Crippen LogP contribution in [0.3, 0.4) is 0 Å². The third-order valence-electron chi connectivity index (χ3n) is 2.98. The van der Waals surface area contributed by atoms with Crippen molar-refractivity contribution < 1.29 is 8.42 Å². The number of hydrogen-bond acceptors (Lipinski definition) is 4. The Morgan fingerprint density at radius 3 is 2.63 bits per heavy atom. The van der Waals surface area contributed by atoms with Crippen LogP contribution in [0, 0.1) is 0 Å². The lowest BCUT2D eigenvalue weighted by Crippen LogP contribution is -2.32. The van der Waals surface area contributed by atoms with Crippen molar-refractivity contribution in [2.75, 3.05) is 0 Å². The zero-order valence-electron chi connectivity index (χ0n) is 9.95. The first-order valence-electron chi connectivity index (χ1n) is 5.85. The molecule has 1 aliphatic rings. The van der Waals surface area contributed by atoms with E-state index in [1.807, 2.05) is 16.8 Å². The van der Waals surface area contributed by atoms with Gasteiger partial charge in [0.25, 0.3) is 10.0 Å². The van der Waals surface area contributed by atoms with Gasteiger partial charge in [0.2, 0.25) is 0 Å². The van der Waals surface area contributed by atoms with Crippen LogP contribution in [0.25, 0.3) is 0 Å². The van der Waals surface area contributed by atoms with Crippen molar-refractivity contribution >= 4 is 44.3 Å². The van der Waals surface area contributed by atoms with Crippen LogP contribution in [0.4, 0.5) is 0 Å². The van der Waals surface area contributed by atoms with Crippen molar-refractivity contribution in [1.29, 1.82) is 0 Å². The maximum atomic E-state index is 12.6. The Hall–Kier alpha value is -0.400. The zero-order valence-corrected chi connectivity index (χ0v) is 13.2. The second-order valence-corrected chi connectivity index (χ2v) is 9.08. The SMILES string of the molecule is O=S(=O)(c1ccc(Cl)s1)N(Cc1ccsc1)C1CC1. The van der Waals surface area contributed by atoms with Crippen molar-refractivity contribution in [3.8, 4) is 0 Å². The lowest BCUT2D eigenvalue weighted by molar-refractivity contribution is 0.400. The fraction of sp³-hybridized carbons (Fsp3) is 0.333. The number of sulfonamides is 1. The minimum Gasteiger partial charge on any atom is -0.206 e. The molecule has 1 aliphatic carbocycles. The lowest BCUT2D eigenvalue weighted by atomic mass is 10.3. The number of thiophene rings is 2. The highest BCUT2D eigenvalue weighted by molar-refractivity contribution is 7.91. The van der Waals surface area contributed by atoms with Crippen LogP contribution >= 0.6 is 34.3 Å². The van der Waals surface area contributed by atoms with E-state index in [1.54, 1.807) is 27.8 Å². The second kappa shape index (κ2) is 5.18. The van der Waals surface area contributed by atoms with Crippen molar-refractivity contribution in [3.63, 3.8) is 0 Å². The molecule has 102 valence electrons. The number of hydrogen-bond donors (Lipinski definition) is 0. The molecule has 3 rings (SSSR count). The molecule has 0 saturated heterocycles. The largest absolute Gasteiger partial charge is 0.253 e. The van der Waals surface area contributed by atoms with Gasteiger partial charge in [0.1, 0.15) is 4.21 Å². The Balaban J connectivity index is 1.91. The average molecular weight is 334 g/mol. The Labute approximate surface area is 125 Å². The van der Waals surface area contributed by atoms with Crippen LogP contribution in [-0.2, 0) is 16.6 Å². The Bertz CT molecular complexity index is 659. The van der Waals surface area contributed by atoms with Gasteiger partial charge in [0.05, 0.1) is 4.34 Å². The smallest absolute Gasteiger partial charge is 0.206 e. The topological polar surface area (TPSA) is 37.4 Å². The standard InChI is InChI=1S/C12H12ClNO2S3/c13-11-3-4-12(18-11)19(15,16)14(10-1-2-10)7-9-5-6-17-8-9/h3-6,8,10H,1-2,7H2. The van der Waals surface area contributed by atoms with E-state index in [9.17, 15) is 8.42 Å². The van der Waals surface area contributed by atoms with Crippen LogP contribution in [0.5, 0.6) is 0 Å². The number of halogens is 1. The third kappa shape index (κ3) is 2.87. The van der Waals surface area contributed by atoms with Gasteiger partial charge in [-0.2, -0.15) is 15.6 Å². The molecule has 2 aromatic rings. The van der Waals surface area contributed by atoms with E-state index in [0.717, 1.165) is 29.7 Å². The molecule has 0 atom stereocenters. The molecule has 1 saturated carbocycles. The highest BCUT2D eigenvalue weighted by Crippen LogP contribution is 2.36. The van der Waals surface area contributed by atoms with Crippen molar-refractivity contribution in [3.05, 3.63) is 38.9 Å². The minimum absolute atomic E-state index is 0.144. The molecule has 0 unspecified atom stereocenters. The average Bonchev–Trinajstić information content (AvgIpc) is 2.88. The second-order valence-electron chi connectivity index (χ2n) is 4.47. The van der Waals surface area contributed by atoms with Gasteiger partial charge in [0, 0.05) is 12.6 Å². The summed E-state index contributed by atoms with van der Waals surface area (Å²) in [5.41, 5.74) is 1.04. The van der Waals surface area contributed by atoms with E-state index in [0.29, 0.717) is 15.1 Å². The highest BCUT2D eigenvalue weighted by atomic mass is 35.5. The van der Waals surface area contributed by atoms with Crippen molar-refractivity contribution in [2.45, 2.75) is 29.6 Å². The van der Waals surface area contributed by atoms with Gasteiger partial charge in [-0.05, 0) is 47.4 Å². The minimum atomic E-state index is -3.42. The quantitative estimate of drug-likeness (QED) is 0.834. The third-order valence-corrected chi connectivity index (χ3v) is 7.31. The summed E-state index contributed by atoms with van der Waals surface area (Å²) in [6.45, 7) is 0.450. The van der Waals surface area contributed by atoms with E-state index in [4.69, 9.17) is 11.6 Å². The zero-order chi connectivity index (χ0) is 13.5. The summed E-state index contributed by atoms with van der Waals surface area (Å²) in [6.07, 6.45) is 1.89. The fourth-order valence-electron chi connectivity index (χ4n) is 1.89. The van der Waals surface area contributed by atoms with Gasteiger partial charge >= 0.3 is 0 Å². The van der Waals surface area contributed by atoms with E-state index >= 15 is 0 Å². The summed E-state index contributed by atoms with van der Waals surface area (Å²) in [4.78, 5) is 0. The van der Waals surface area contributed by atoms with E-state index < -0.39 is 10.0 Å². The Kier molecular flexibility index (Phi) is 3.70. The first-order chi connectivity index (χ1) is 9.07. The van der Waals surface area contributed by atoms with Crippen LogP contribution in [0.1, 0.15) is 18.4 Å². The molecule has 0 amide bonds. The van der Waals surface area contributed by atoms with E-state index in [1.165, 1.54) is 0 Å². The molecule has 0 radical (unpaired) electrons. The van der Waals surface area contributed by atoms with Crippen LogP contribution in [-0.4, -0.2) is 18.8 Å². The predicted molar refractivity (Wildman–Crippen MR) is 79.4 cm³/mol. The molecule has 2 aromatic heterocycles. The van der Waals surface area contributed by atoms with E-state index in [-0.39, 0.29) is 6.04 Å². The lowest BCUT2D eigenvalue weighted by Gasteiger charge is -2.20. The van der Waals surface area contributed by atoms with Crippen LogP contribution in [0.2, 0.25) is 4.34 Å². The summed E-state index contributed by atoms with van der Waals surface area (Å²) < 4.78 is 27.7. The number of rotatable bonds is 5. The van der Waals surface area contributed by atoms with Crippen molar-refractivity contribution in [1.82, 2.24) is 4.31 Å². The maximum Gasteiger partial charge on any atom is 0.253 e. The van der Waals surface area contributed by atoms with Crippen LogP contribution < -0.4 is 0 Å². The summed E-state index contributed by atoms with van der Waals surface area (Å²) in [6, 6.07) is 5.34. The molecular formula is C12H12ClNO2S3. The molecule has 7 heteroatoms. The van der Waals surface area contributed by atoms with Crippen LogP contribution in [0.15, 0.2) is 33.2 Å². The molecule has 0 aliphatic heterocycles. The molecule has 0 aromatic carbocycles. The Morgan fingerprint density at radius 2 is 2.11 bits per heavy atom. The Morgan fingerprint density at radius 1 is 1.32 bits per heavy atom. The first-order valence-corrected chi connectivity index (χ1v) is 9.43. The summed E-state index contributed by atoms with van der Waals surface area (Å²) in [5.74, 6) is 0. The maximum absolute atomic E-state index is 12.6. The van der Waals surface area contributed by atoms with Gasteiger partial charge in [0.15, 0.2) is 0 Å². The molecular weight excluding hydrogens is 322 g/mol. The van der Waals surface area contributed by atoms with Gasteiger partial charge in [-0.15, -0.1) is 11.3 Å². The molecule has 3 nitrogen and oxygen atoms in total.